The molecule has 0 spiro atoms. The third kappa shape index (κ3) is 4.18. The molecular weight excluding hydrogens is 368 g/mol. The lowest BCUT2D eigenvalue weighted by Gasteiger charge is -2.37. The molecule has 4 rings (SSSR count). The molecule has 0 unspecified atom stereocenters. The highest BCUT2D eigenvalue weighted by Gasteiger charge is 2.37. The smallest absolute Gasteiger partial charge is 0.233 e. The quantitative estimate of drug-likeness (QED) is 0.752. The maximum atomic E-state index is 12.3. The summed E-state index contributed by atoms with van der Waals surface area (Å²) >= 11 is 0. The van der Waals surface area contributed by atoms with Gasteiger partial charge >= 0.3 is 0 Å². The van der Waals surface area contributed by atoms with Crippen LogP contribution in [0, 0.1) is 5.92 Å². The Labute approximate surface area is 160 Å². The minimum Gasteiger partial charge on any atom is -0.341 e. The molecule has 27 heavy (non-hydrogen) atoms. The van der Waals surface area contributed by atoms with Crippen molar-refractivity contribution in [1.29, 1.82) is 0 Å². The number of hydrogen-bond acceptors (Lipinski definition) is 6. The first-order valence-electron chi connectivity index (χ1n) is 9.96. The number of likely N-dealkylation sites (tertiary alicyclic amines) is 1. The van der Waals surface area contributed by atoms with Crippen LogP contribution in [0.2, 0.25) is 0 Å². The molecule has 3 heterocycles. The molecule has 8 nitrogen and oxygen atoms in total. The lowest BCUT2D eigenvalue weighted by Crippen LogP contribution is -2.49. The van der Waals surface area contributed by atoms with Crippen molar-refractivity contribution in [3.8, 4) is 0 Å². The van der Waals surface area contributed by atoms with Gasteiger partial charge in [-0.2, -0.15) is 4.98 Å². The second-order valence-electron chi connectivity index (χ2n) is 8.28. The molecule has 0 radical (unpaired) electrons. The predicted octanol–water partition coefficient (Wildman–Crippen LogP) is 1.71. The molecule has 2 aliphatic heterocycles. The summed E-state index contributed by atoms with van der Waals surface area (Å²) in [6, 6.07) is 0. The summed E-state index contributed by atoms with van der Waals surface area (Å²) in [7, 11) is -3.13. The van der Waals surface area contributed by atoms with E-state index >= 15 is 0 Å². The molecule has 1 saturated carbocycles. The van der Waals surface area contributed by atoms with Gasteiger partial charge in [-0.1, -0.05) is 18.0 Å². The van der Waals surface area contributed by atoms with E-state index in [2.05, 4.69) is 10.1 Å². The van der Waals surface area contributed by atoms with Crippen LogP contribution in [0.5, 0.6) is 0 Å². The van der Waals surface area contributed by atoms with E-state index in [0.717, 1.165) is 0 Å². The van der Waals surface area contributed by atoms with E-state index in [1.54, 1.807) is 0 Å². The van der Waals surface area contributed by atoms with Crippen LogP contribution in [0.15, 0.2) is 4.52 Å². The van der Waals surface area contributed by atoms with E-state index in [9.17, 15) is 13.2 Å². The molecule has 3 fully saturated rings. The standard InChI is InChI=1S/C18H28N4O4S/c1-27(24,25)22-8-6-14(7-9-22)17-19-18(26-20-17)15-11-21(12-15)16(23)10-13-4-2-3-5-13/h13-15H,2-12H2,1H3. The van der Waals surface area contributed by atoms with Crippen molar-refractivity contribution >= 4 is 15.9 Å². The minimum atomic E-state index is -3.13. The number of amides is 1. The van der Waals surface area contributed by atoms with E-state index in [1.807, 2.05) is 4.90 Å². The molecule has 1 aromatic rings. The van der Waals surface area contributed by atoms with Crippen LogP contribution in [0.25, 0.3) is 0 Å². The lowest BCUT2D eigenvalue weighted by atomic mass is 9.96. The first-order chi connectivity index (χ1) is 12.9. The van der Waals surface area contributed by atoms with Gasteiger partial charge < -0.3 is 9.42 Å². The van der Waals surface area contributed by atoms with Crippen molar-refractivity contribution in [2.24, 2.45) is 5.92 Å². The Morgan fingerprint density at radius 2 is 1.78 bits per heavy atom. The number of piperidine rings is 1. The Balaban J connectivity index is 1.26. The molecule has 9 heteroatoms. The Hall–Kier alpha value is -1.48. The van der Waals surface area contributed by atoms with Gasteiger partial charge in [0, 0.05) is 38.5 Å². The van der Waals surface area contributed by atoms with Crippen LogP contribution in [-0.4, -0.2) is 66.1 Å². The van der Waals surface area contributed by atoms with Gasteiger partial charge in [0.2, 0.25) is 21.8 Å². The Bertz CT molecular complexity index is 773. The van der Waals surface area contributed by atoms with Crippen LogP contribution in [0.3, 0.4) is 0 Å². The van der Waals surface area contributed by atoms with Gasteiger partial charge in [-0.05, 0) is 31.6 Å². The monoisotopic (exact) mass is 396 g/mol. The van der Waals surface area contributed by atoms with Crippen molar-refractivity contribution in [3.63, 3.8) is 0 Å². The van der Waals surface area contributed by atoms with Gasteiger partial charge in [-0.15, -0.1) is 0 Å². The number of nitrogens with zero attached hydrogens (tertiary/aromatic N) is 4. The highest BCUT2D eigenvalue weighted by Crippen LogP contribution is 2.33. The van der Waals surface area contributed by atoms with Crippen LogP contribution in [-0.2, 0) is 14.8 Å². The molecule has 0 N–H and O–H groups in total. The van der Waals surface area contributed by atoms with Crippen LogP contribution in [0.1, 0.15) is 68.5 Å². The van der Waals surface area contributed by atoms with Crippen molar-refractivity contribution in [1.82, 2.24) is 19.3 Å². The van der Waals surface area contributed by atoms with Gasteiger partial charge in [0.1, 0.15) is 0 Å². The van der Waals surface area contributed by atoms with E-state index in [0.29, 0.717) is 63.1 Å². The van der Waals surface area contributed by atoms with E-state index < -0.39 is 10.0 Å². The van der Waals surface area contributed by atoms with Crippen molar-refractivity contribution in [3.05, 3.63) is 11.7 Å². The molecule has 3 aliphatic rings. The second-order valence-corrected chi connectivity index (χ2v) is 10.3. The molecule has 1 aliphatic carbocycles. The highest BCUT2D eigenvalue weighted by molar-refractivity contribution is 7.88. The summed E-state index contributed by atoms with van der Waals surface area (Å²) in [6.07, 6.45) is 8.24. The molecule has 0 bridgehead atoms. The first kappa shape index (κ1) is 18.9. The number of carbonyl (C=O) groups excluding carboxylic acids is 1. The fourth-order valence-electron chi connectivity index (χ4n) is 4.45. The number of rotatable bonds is 5. The molecule has 2 saturated heterocycles. The van der Waals surface area contributed by atoms with Gasteiger partial charge in [0.25, 0.3) is 0 Å². The van der Waals surface area contributed by atoms with E-state index in [1.165, 1.54) is 36.2 Å². The van der Waals surface area contributed by atoms with Gasteiger partial charge in [0.05, 0.1) is 12.2 Å². The normalized spacial score (nSPS) is 23.7. The topological polar surface area (TPSA) is 96.6 Å². The average molecular weight is 397 g/mol. The molecule has 150 valence electrons. The van der Waals surface area contributed by atoms with Gasteiger partial charge in [-0.3, -0.25) is 4.79 Å². The molecule has 0 aromatic carbocycles. The summed E-state index contributed by atoms with van der Waals surface area (Å²) in [5, 5.41) is 4.13. The number of aromatic nitrogens is 2. The molecule has 1 amide bonds. The zero-order valence-electron chi connectivity index (χ0n) is 15.8. The summed E-state index contributed by atoms with van der Waals surface area (Å²) in [4.78, 5) is 18.8. The summed E-state index contributed by atoms with van der Waals surface area (Å²) < 4.78 is 30.2. The van der Waals surface area contributed by atoms with Gasteiger partial charge in [0.15, 0.2) is 5.82 Å². The average Bonchev–Trinajstić information content (AvgIpc) is 3.25. The van der Waals surface area contributed by atoms with Crippen molar-refractivity contribution in [2.75, 3.05) is 32.4 Å². The Morgan fingerprint density at radius 3 is 2.41 bits per heavy atom. The summed E-state index contributed by atoms with van der Waals surface area (Å²) in [5.41, 5.74) is 0. The zero-order valence-corrected chi connectivity index (χ0v) is 16.7. The minimum absolute atomic E-state index is 0.134. The maximum Gasteiger partial charge on any atom is 0.233 e. The third-order valence-corrected chi connectivity index (χ3v) is 7.57. The SMILES string of the molecule is CS(=O)(=O)N1CCC(c2noc(C3CN(C(=O)CC4CCCC4)C3)n2)CC1. The first-order valence-corrected chi connectivity index (χ1v) is 11.8. The summed E-state index contributed by atoms with van der Waals surface area (Å²) in [5.74, 6) is 2.39. The molecule has 1 aromatic heterocycles. The highest BCUT2D eigenvalue weighted by atomic mass is 32.2. The van der Waals surface area contributed by atoms with Gasteiger partial charge in [-0.25, -0.2) is 12.7 Å². The summed E-state index contributed by atoms with van der Waals surface area (Å²) in [6.45, 7) is 2.33. The van der Waals surface area contributed by atoms with Crippen LogP contribution < -0.4 is 0 Å². The number of carbonyl (C=O) groups is 1. The Morgan fingerprint density at radius 1 is 1.11 bits per heavy atom. The fraction of sp³-hybridized carbons (Fsp3) is 0.833. The van der Waals surface area contributed by atoms with Crippen molar-refractivity contribution in [2.45, 2.75) is 56.8 Å². The fourth-order valence-corrected chi connectivity index (χ4v) is 5.33. The predicted molar refractivity (Wildman–Crippen MR) is 98.6 cm³/mol. The maximum absolute atomic E-state index is 12.3. The van der Waals surface area contributed by atoms with E-state index in [-0.39, 0.29) is 17.7 Å². The number of sulfonamides is 1. The molecule has 0 atom stereocenters. The number of hydrogen-bond donors (Lipinski definition) is 0. The Kier molecular flexibility index (Phi) is 5.24. The molecular formula is C18H28N4O4S. The third-order valence-electron chi connectivity index (χ3n) is 6.27. The van der Waals surface area contributed by atoms with E-state index in [4.69, 9.17) is 4.52 Å². The largest absolute Gasteiger partial charge is 0.341 e. The lowest BCUT2D eigenvalue weighted by molar-refractivity contribution is -0.137. The second kappa shape index (κ2) is 7.50. The van der Waals surface area contributed by atoms with Crippen molar-refractivity contribution < 1.29 is 17.7 Å². The zero-order chi connectivity index (χ0) is 19.0. The van der Waals surface area contributed by atoms with Crippen LogP contribution in [0.4, 0.5) is 0 Å². The van der Waals surface area contributed by atoms with Crippen LogP contribution >= 0.6 is 0 Å².